The molecule has 12 rings (SSSR count). The molecule has 2 saturated heterocycles. The largest absolute Gasteiger partial charge is 0.480 e. The molecule has 0 spiro atoms. The predicted molar refractivity (Wildman–Crippen MR) is 367 cm³/mol. The van der Waals surface area contributed by atoms with Crippen molar-refractivity contribution in [3.63, 3.8) is 0 Å². The van der Waals surface area contributed by atoms with Crippen LogP contribution >= 0.6 is 0 Å². The van der Waals surface area contributed by atoms with E-state index in [1.165, 1.54) is 15.9 Å². The minimum atomic E-state index is -3.91. The number of allylic oxidation sites excluding steroid dienone is 2. The first-order valence-electron chi connectivity index (χ1n) is 33.4. The Bertz CT molecular complexity index is 4240. The number of hydrogen-bond donors (Lipinski definition) is 5. The van der Waals surface area contributed by atoms with Crippen molar-refractivity contribution >= 4 is 86.0 Å². The second-order valence-corrected chi connectivity index (χ2v) is 29.9. The normalized spacial score (nSPS) is 24.9. The van der Waals surface area contributed by atoms with Gasteiger partial charge in [0.15, 0.2) is 0 Å². The van der Waals surface area contributed by atoms with E-state index < -0.39 is 116 Å². The van der Waals surface area contributed by atoms with Crippen molar-refractivity contribution < 1.29 is 66.0 Å². The van der Waals surface area contributed by atoms with E-state index in [0.29, 0.717) is 59.1 Å². The maximum atomic E-state index is 14.6. The second-order valence-electron chi connectivity index (χ2n) is 27.9. The van der Waals surface area contributed by atoms with Crippen LogP contribution in [-0.4, -0.2) is 159 Å². The molecular weight excluding hydrogens is 1270 g/mol. The number of fused-ring (bicyclic) bond motifs is 14. The van der Waals surface area contributed by atoms with Gasteiger partial charge in [-0.1, -0.05) is 133 Å². The number of cyclic esters (lactones) is 2. The number of carboxylic acids is 1. The number of carboxylic acid groups (broad SMARTS) is 1. The lowest BCUT2D eigenvalue weighted by atomic mass is 9.85. The zero-order valence-electron chi connectivity index (χ0n) is 55.9. The first kappa shape index (κ1) is 69.6. The number of carbonyl (C=O) groups excluding carboxylic acids is 6. The number of nitrogens with one attached hydrogen (secondary N) is 4. The first-order valence-corrected chi connectivity index (χ1v) is 34.9. The van der Waals surface area contributed by atoms with Crippen molar-refractivity contribution in [2.75, 3.05) is 26.3 Å². The van der Waals surface area contributed by atoms with E-state index in [1.807, 2.05) is 130 Å². The van der Waals surface area contributed by atoms with Gasteiger partial charge in [0.25, 0.3) is 5.91 Å². The lowest BCUT2D eigenvalue weighted by Gasteiger charge is -2.35. The number of benzene rings is 4. The van der Waals surface area contributed by atoms with Crippen LogP contribution in [-0.2, 0) is 43.5 Å². The Labute approximate surface area is 569 Å². The van der Waals surface area contributed by atoms with E-state index >= 15 is 0 Å². The van der Waals surface area contributed by atoms with Gasteiger partial charge in [0.1, 0.15) is 53.3 Å². The van der Waals surface area contributed by atoms with Gasteiger partial charge >= 0.3 is 18.2 Å². The highest BCUT2D eigenvalue weighted by molar-refractivity contribution is 7.91. The molecule has 24 nitrogen and oxygen atoms in total. The van der Waals surface area contributed by atoms with Crippen LogP contribution in [0.3, 0.4) is 0 Å². The Hall–Kier alpha value is -9.78. The molecule has 0 radical (unpaired) electrons. The van der Waals surface area contributed by atoms with E-state index in [0.717, 1.165) is 47.9 Å². The monoisotopic (exact) mass is 1360 g/mol. The van der Waals surface area contributed by atoms with Gasteiger partial charge in [-0.2, -0.15) is 0 Å². The lowest BCUT2D eigenvalue weighted by molar-refractivity contribution is -0.150. The maximum Gasteiger partial charge on any atom is 0.407 e. The van der Waals surface area contributed by atoms with Crippen LogP contribution in [0, 0.1) is 16.7 Å². The Morgan fingerprint density at radius 2 is 1.08 bits per heavy atom. The third kappa shape index (κ3) is 16.3. The summed E-state index contributed by atoms with van der Waals surface area (Å²) in [4.78, 5) is 117. The number of amides is 6. The smallest absolute Gasteiger partial charge is 0.407 e. The molecule has 0 unspecified atom stereocenters. The van der Waals surface area contributed by atoms with Crippen molar-refractivity contribution in [3.05, 3.63) is 133 Å². The highest BCUT2D eigenvalue weighted by Gasteiger charge is 2.62. The average Bonchev–Trinajstić information content (AvgIpc) is 1.57. The summed E-state index contributed by atoms with van der Waals surface area (Å²) >= 11 is 0. The predicted octanol–water partition coefficient (Wildman–Crippen LogP) is 9.72. The molecule has 4 fully saturated rings. The minimum Gasteiger partial charge on any atom is -0.480 e. The molecular formula is C73H84N10O14S. The summed E-state index contributed by atoms with van der Waals surface area (Å²) in [5, 5.41) is 17.7. The zero-order chi connectivity index (χ0) is 69.7. The van der Waals surface area contributed by atoms with Crippen molar-refractivity contribution in [1.29, 1.82) is 0 Å². The summed E-state index contributed by atoms with van der Waals surface area (Å²) in [6.07, 6.45) is 12.3. The van der Waals surface area contributed by atoms with Crippen LogP contribution < -0.4 is 30.1 Å². The SMILES string of the molecule is C=C[C@@H]1C[C@]1(NC(=O)[C@@H]1C[C@@H]2CN1C(=O)[C@H](C(C)(C)C)NC(=O)OCCCC/C=C/c1cccc(c1)-c1nc3ccccc3nc1O2)C(=O)NS(=O)(=O)C1CC1.CC(C)(C)[C@@H]1NC(=O)OCCCC/C=C/c2cccc(c2)-c2nc3ccccc3nc2O[C@@H]2C[C@@H](C(=O)O)N(C2)C1=O. The number of nitrogens with zero attached hydrogens (tertiary/aromatic N) is 6. The fourth-order valence-electron chi connectivity index (χ4n) is 12.6. The summed E-state index contributed by atoms with van der Waals surface area (Å²) in [6, 6.07) is 26.1. The Kier molecular flexibility index (Phi) is 20.7. The molecule has 2 saturated carbocycles. The number of alkyl carbamates (subject to hydrolysis) is 2. The third-order valence-corrected chi connectivity index (χ3v) is 20.1. The third-order valence-electron chi connectivity index (χ3n) is 18.2. The van der Waals surface area contributed by atoms with Gasteiger partial charge in [-0.15, -0.1) is 6.58 Å². The van der Waals surface area contributed by atoms with Crippen LogP contribution in [0.5, 0.6) is 11.8 Å². The highest BCUT2D eigenvalue weighted by Crippen LogP contribution is 2.46. The summed E-state index contributed by atoms with van der Waals surface area (Å²) in [5.41, 5.74) is 4.00. The van der Waals surface area contributed by atoms with Gasteiger partial charge in [-0.05, 0) is 116 Å². The van der Waals surface area contributed by atoms with E-state index in [-0.39, 0.29) is 57.3 Å². The molecule has 2 aliphatic carbocycles. The molecule has 25 heteroatoms. The number of hydrogen-bond acceptors (Lipinski definition) is 17. The zero-order valence-corrected chi connectivity index (χ0v) is 56.7. The number of carbonyl (C=O) groups is 7. The summed E-state index contributed by atoms with van der Waals surface area (Å²) < 4.78 is 51.5. The van der Waals surface area contributed by atoms with Crippen LogP contribution in [0.25, 0.3) is 56.7 Å². The molecule has 6 aromatic rings. The molecule has 8 bridgehead atoms. The first-order chi connectivity index (χ1) is 46.8. The summed E-state index contributed by atoms with van der Waals surface area (Å²) in [5.74, 6) is -3.78. The van der Waals surface area contributed by atoms with E-state index in [1.54, 1.807) is 20.8 Å². The standard InChI is InChI=1S/C41H48N6O8S.C32H36N4O6/c1-5-27-23-41(27,38(50)46-56(52,53)29-18-19-29)45-35(48)32-22-28-24-47(32)37(49)34(40(2,3)4)44-39(51)54-20-11-7-6-8-13-25-14-12-15-26(21-25)33-36(55-28)43-31-17-10-9-16-30(31)42-33;1-32(2,3)27-29(37)36-19-22(18-25(36)30(38)39)42-28-26(33-23-14-7-8-15-24(23)34-28)21-13-10-12-20(17-21)11-6-4-5-9-16-41-31(40)35-27/h5,8-10,12-17,21,27-29,32,34H,1,6-7,11,18-20,22-24H2,2-4H3,(H,44,51)(H,45,48)(H,46,50);6-8,10-15,17,22,25,27H,4-5,9,16,18-19H2,1-3H3,(H,35,40)(H,38,39)/b13-8+;11-6+/t27-,28-,32+,34-,41-;22-,25+,27-/m11/s1. The minimum absolute atomic E-state index is 0.00751. The number of rotatable bonds is 7. The second kappa shape index (κ2) is 29.1. The molecule has 5 N–H and O–H groups in total. The van der Waals surface area contributed by atoms with Gasteiger partial charge in [0.2, 0.25) is 39.5 Å². The quantitative estimate of drug-likeness (QED) is 0.0928. The van der Waals surface area contributed by atoms with E-state index in [4.69, 9.17) is 38.9 Å². The van der Waals surface area contributed by atoms with Gasteiger partial charge in [-0.3, -0.25) is 23.9 Å². The number of sulfonamides is 1. The number of ether oxygens (including phenoxy) is 4. The van der Waals surface area contributed by atoms with Gasteiger partial charge in [-0.25, -0.2) is 42.7 Å². The molecule has 6 heterocycles. The lowest BCUT2D eigenvalue weighted by Crippen LogP contribution is -2.60. The molecule has 2 aromatic heterocycles. The summed E-state index contributed by atoms with van der Waals surface area (Å²) in [7, 11) is -3.91. The molecule has 6 aliphatic rings. The summed E-state index contributed by atoms with van der Waals surface area (Å²) in [6.45, 7) is 14.9. The van der Waals surface area contributed by atoms with Crippen LogP contribution in [0.1, 0.15) is 123 Å². The van der Waals surface area contributed by atoms with Crippen molar-refractivity contribution in [3.8, 4) is 34.3 Å². The van der Waals surface area contributed by atoms with Crippen molar-refractivity contribution in [1.82, 2.24) is 50.4 Å². The highest BCUT2D eigenvalue weighted by atomic mass is 32.2. The molecule has 6 amide bonds. The average molecular weight is 1360 g/mol. The van der Waals surface area contributed by atoms with E-state index in [2.05, 4.69) is 39.4 Å². The molecule has 4 aromatic carbocycles. The molecule has 8 atom stereocenters. The van der Waals surface area contributed by atoms with Crippen molar-refractivity contribution in [2.45, 2.75) is 159 Å². The number of aromatic nitrogens is 4. The maximum absolute atomic E-state index is 14.6. The van der Waals surface area contributed by atoms with Gasteiger partial charge in [0.05, 0.1) is 53.6 Å². The molecule has 98 heavy (non-hydrogen) atoms. The van der Waals surface area contributed by atoms with Crippen molar-refractivity contribution in [2.24, 2.45) is 16.7 Å². The number of para-hydroxylation sites is 4. The van der Waals surface area contributed by atoms with Gasteiger partial charge in [0, 0.05) is 29.9 Å². The van der Waals surface area contributed by atoms with Crippen LogP contribution in [0.15, 0.2) is 122 Å². The van der Waals surface area contributed by atoms with Gasteiger partial charge < -0.3 is 49.8 Å². The Morgan fingerprint density at radius 1 is 0.633 bits per heavy atom. The van der Waals surface area contributed by atoms with Crippen LogP contribution in [0.4, 0.5) is 9.59 Å². The molecule has 516 valence electrons. The van der Waals surface area contributed by atoms with Crippen LogP contribution in [0.2, 0.25) is 0 Å². The fraction of sp³-hybridized carbons (Fsp3) is 0.438. The fourth-order valence-corrected chi connectivity index (χ4v) is 14.0. The Morgan fingerprint density at radius 3 is 1.51 bits per heavy atom. The molecule has 4 aliphatic heterocycles. The Balaban J connectivity index is 0.000000207. The van der Waals surface area contributed by atoms with E-state index in [9.17, 15) is 47.1 Å². The topological polar surface area (TPSA) is 317 Å². The number of aliphatic carboxylic acids is 1.